The zero-order valence-corrected chi connectivity index (χ0v) is 17.5. The van der Waals surface area contributed by atoms with E-state index < -0.39 is 0 Å². The van der Waals surface area contributed by atoms with E-state index in [1.54, 1.807) is 6.92 Å². The number of amides is 2. The van der Waals surface area contributed by atoms with Crippen LogP contribution < -0.4 is 5.32 Å². The molecule has 0 radical (unpaired) electrons. The molecule has 4 heterocycles. The summed E-state index contributed by atoms with van der Waals surface area (Å²) in [5, 5.41) is 7.26. The van der Waals surface area contributed by atoms with Gasteiger partial charge in [-0.15, -0.1) is 0 Å². The van der Waals surface area contributed by atoms with E-state index in [1.165, 1.54) is 12.8 Å². The number of rotatable bonds is 4. The molecule has 1 aromatic rings. The van der Waals surface area contributed by atoms with E-state index in [9.17, 15) is 9.59 Å². The van der Waals surface area contributed by atoms with Crippen LogP contribution >= 0.6 is 0 Å². The zero-order valence-electron chi connectivity index (χ0n) is 17.5. The summed E-state index contributed by atoms with van der Waals surface area (Å²) in [7, 11) is 0. The molecule has 0 saturated carbocycles. The lowest BCUT2D eigenvalue weighted by molar-refractivity contribution is -0.123. The Kier molecular flexibility index (Phi) is 4.98. The lowest BCUT2D eigenvalue weighted by Crippen LogP contribution is -2.56. The summed E-state index contributed by atoms with van der Waals surface area (Å²) in [5.41, 5.74) is 1.08. The van der Waals surface area contributed by atoms with Crippen molar-refractivity contribution in [3.05, 3.63) is 17.0 Å². The number of carbonyl (C=O) groups excluding carboxylic acids is 2. The van der Waals surface area contributed by atoms with Crippen LogP contribution in [0.25, 0.3) is 0 Å². The van der Waals surface area contributed by atoms with E-state index in [2.05, 4.69) is 29.2 Å². The second kappa shape index (κ2) is 7.17. The summed E-state index contributed by atoms with van der Waals surface area (Å²) in [5.74, 6) is 1.24. The minimum Gasteiger partial charge on any atom is -0.361 e. The number of carbonyl (C=O) groups is 2. The lowest BCUT2D eigenvalue weighted by Gasteiger charge is -2.43. The van der Waals surface area contributed by atoms with E-state index in [1.807, 2.05) is 11.8 Å². The van der Waals surface area contributed by atoms with Crippen LogP contribution in [0.3, 0.4) is 0 Å². The van der Waals surface area contributed by atoms with Gasteiger partial charge in [0.1, 0.15) is 11.3 Å². The fraction of sp³-hybridized carbons (Fsp3) is 0.762. The number of fused-ring (bicyclic) bond motifs is 2. The van der Waals surface area contributed by atoms with Crippen molar-refractivity contribution in [2.45, 2.75) is 65.0 Å². The van der Waals surface area contributed by atoms with E-state index >= 15 is 0 Å². The van der Waals surface area contributed by atoms with Crippen LogP contribution in [0, 0.1) is 25.7 Å². The molecule has 1 N–H and O–H groups in total. The zero-order chi connectivity index (χ0) is 20.1. The smallest absolute Gasteiger partial charge is 0.259 e. The fourth-order valence-electron chi connectivity index (χ4n) is 5.60. The highest BCUT2D eigenvalue weighted by atomic mass is 16.5. The number of hydrogen-bond acceptors (Lipinski definition) is 5. The van der Waals surface area contributed by atoms with Crippen molar-refractivity contribution >= 4 is 11.8 Å². The Hall–Kier alpha value is -1.89. The molecule has 3 fully saturated rings. The molecule has 7 nitrogen and oxygen atoms in total. The largest absolute Gasteiger partial charge is 0.361 e. The minimum absolute atomic E-state index is 0.00316. The Morgan fingerprint density at radius 3 is 2.64 bits per heavy atom. The van der Waals surface area contributed by atoms with Crippen molar-refractivity contribution in [1.82, 2.24) is 20.3 Å². The van der Waals surface area contributed by atoms with E-state index in [4.69, 9.17) is 4.52 Å². The van der Waals surface area contributed by atoms with Gasteiger partial charge in [0.2, 0.25) is 5.91 Å². The highest BCUT2D eigenvalue weighted by Crippen LogP contribution is 2.44. The molecule has 0 aromatic carbocycles. The van der Waals surface area contributed by atoms with Crippen molar-refractivity contribution in [3.8, 4) is 0 Å². The number of nitrogens with zero attached hydrogens (tertiary/aromatic N) is 3. The van der Waals surface area contributed by atoms with Crippen LogP contribution in [-0.4, -0.2) is 64.5 Å². The maximum absolute atomic E-state index is 12.9. The van der Waals surface area contributed by atoms with Gasteiger partial charge in [-0.25, -0.2) is 0 Å². The van der Waals surface area contributed by atoms with Crippen LogP contribution in [0.4, 0.5) is 0 Å². The van der Waals surface area contributed by atoms with Crippen molar-refractivity contribution in [2.24, 2.45) is 11.8 Å². The van der Waals surface area contributed by atoms with Gasteiger partial charge in [-0.3, -0.25) is 14.5 Å². The SMILES string of the molecule is CCC[C@@H](C)N1C[C@H]2C(=O)NC3(CCN(C(=O)c4c(C)noc4C)CC3)[C@H]2C1. The molecule has 0 aliphatic carbocycles. The number of likely N-dealkylation sites (tertiary alicyclic amines) is 2. The molecule has 7 heteroatoms. The second-order valence-corrected chi connectivity index (χ2v) is 8.94. The molecule has 0 bridgehead atoms. The molecule has 3 saturated heterocycles. The topological polar surface area (TPSA) is 78.7 Å². The highest BCUT2D eigenvalue weighted by Gasteiger charge is 2.57. The molecular weight excluding hydrogens is 356 g/mol. The normalized spacial score (nSPS) is 27.9. The molecule has 1 aromatic heterocycles. The van der Waals surface area contributed by atoms with Crippen LogP contribution in [-0.2, 0) is 4.79 Å². The van der Waals surface area contributed by atoms with Gasteiger partial charge in [-0.05, 0) is 40.0 Å². The molecule has 3 aliphatic heterocycles. The first-order valence-corrected chi connectivity index (χ1v) is 10.6. The first-order valence-electron chi connectivity index (χ1n) is 10.6. The number of aromatic nitrogens is 1. The molecule has 4 rings (SSSR count). The third-order valence-electron chi connectivity index (χ3n) is 7.29. The summed E-state index contributed by atoms with van der Waals surface area (Å²) in [6.45, 7) is 11.3. The summed E-state index contributed by atoms with van der Waals surface area (Å²) >= 11 is 0. The van der Waals surface area contributed by atoms with Crippen molar-refractivity contribution in [1.29, 1.82) is 0 Å². The Balaban J connectivity index is 1.45. The maximum atomic E-state index is 12.9. The van der Waals surface area contributed by atoms with E-state index in [-0.39, 0.29) is 23.3 Å². The van der Waals surface area contributed by atoms with E-state index in [0.29, 0.717) is 42.1 Å². The maximum Gasteiger partial charge on any atom is 0.259 e. The van der Waals surface area contributed by atoms with Crippen molar-refractivity contribution in [3.63, 3.8) is 0 Å². The van der Waals surface area contributed by atoms with Gasteiger partial charge in [-0.2, -0.15) is 0 Å². The van der Waals surface area contributed by atoms with Crippen molar-refractivity contribution in [2.75, 3.05) is 26.2 Å². The molecule has 28 heavy (non-hydrogen) atoms. The Morgan fingerprint density at radius 1 is 1.32 bits per heavy atom. The third kappa shape index (κ3) is 3.04. The summed E-state index contributed by atoms with van der Waals surface area (Å²) < 4.78 is 5.17. The summed E-state index contributed by atoms with van der Waals surface area (Å²) in [6.07, 6.45) is 3.99. The molecule has 154 valence electrons. The predicted octanol–water partition coefficient (Wildman–Crippen LogP) is 2.13. The molecule has 3 aliphatic rings. The highest BCUT2D eigenvalue weighted by molar-refractivity contribution is 5.96. The van der Waals surface area contributed by atoms with Gasteiger partial charge in [-0.1, -0.05) is 18.5 Å². The fourth-order valence-corrected chi connectivity index (χ4v) is 5.60. The predicted molar refractivity (Wildman–Crippen MR) is 105 cm³/mol. The molecule has 0 unspecified atom stereocenters. The lowest BCUT2D eigenvalue weighted by atomic mass is 9.75. The number of nitrogens with one attached hydrogen (secondary N) is 1. The van der Waals surface area contributed by atoms with Crippen molar-refractivity contribution < 1.29 is 14.1 Å². The summed E-state index contributed by atoms with van der Waals surface area (Å²) in [6, 6.07) is 0.529. The van der Waals surface area contributed by atoms with Gasteiger partial charge in [0.15, 0.2) is 0 Å². The average molecular weight is 389 g/mol. The first kappa shape index (κ1) is 19.4. The average Bonchev–Trinajstić information content (AvgIpc) is 3.32. The van der Waals surface area contributed by atoms with Gasteiger partial charge in [0.05, 0.1) is 11.6 Å². The monoisotopic (exact) mass is 388 g/mol. The Labute approximate surface area is 166 Å². The standard InChI is InChI=1S/C21H32N4O3/c1-5-6-13(2)25-11-16-17(12-25)21(22-19(16)26)7-9-24(10-8-21)20(27)18-14(3)23-28-15(18)4/h13,16-17H,5-12H2,1-4H3,(H,22,26)/t13-,16-,17+/m1/s1. The first-order chi connectivity index (χ1) is 13.4. The third-order valence-corrected chi connectivity index (χ3v) is 7.29. The summed E-state index contributed by atoms with van der Waals surface area (Å²) in [4.78, 5) is 30.0. The van der Waals surface area contributed by atoms with Gasteiger partial charge in [0.25, 0.3) is 5.91 Å². The van der Waals surface area contributed by atoms with Crippen LogP contribution in [0.15, 0.2) is 4.52 Å². The van der Waals surface area contributed by atoms with Gasteiger partial charge < -0.3 is 14.7 Å². The molecule has 3 atom stereocenters. The second-order valence-electron chi connectivity index (χ2n) is 8.94. The number of aryl methyl sites for hydroxylation is 2. The van der Waals surface area contributed by atoms with Crippen LogP contribution in [0.2, 0.25) is 0 Å². The number of hydrogen-bond donors (Lipinski definition) is 1. The number of piperidine rings is 1. The van der Waals surface area contributed by atoms with Crippen LogP contribution in [0.5, 0.6) is 0 Å². The Morgan fingerprint density at radius 2 is 2.04 bits per heavy atom. The molecule has 2 amide bonds. The quantitative estimate of drug-likeness (QED) is 0.855. The van der Waals surface area contributed by atoms with E-state index in [0.717, 1.165) is 25.9 Å². The van der Waals surface area contributed by atoms with Gasteiger partial charge >= 0.3 is 0 Å². The van der Waals surface area contributed by atoms with Crippen LogP contribution in [0.1, 0.15) is 61.3 Å². The Bertz CT molecular complexity index is 746. The molecular formula is C21H32N4O3. The van der Waals surface area contributed by atoms with Gasteiger partial charge in [0, 0.05) is 43.7 Å². The minimum atomic E-state index is -0.155. The molecule has 1 spiro atoms.